The Morgan fingerprint density at radius 1 is 1.16 bits per heavy atom. The van der Waals surface area contributed by atoms with Gasteiger partial charge < -0.3 is 10.4 Å². The van der Waals surface area contributed by atoms with Crippen LogP contribution in [0.3, 0.4) is 0 Å². The van der Waals surface area contributed by atoms with Crippen LogP contribution in [-0.4, -0.2) is 26.8 Å². The fraction of sp³-hybridized carbons (Fsp3) is 0.200. The zero-order valence-electron chi connectivity index (χ0n) is 14.0. The van der Waals surface area contributed by atoms with Crippen LogP contribution in [0.5, 0.6) is 0 Å². The van der Waals surface area contributed by atoms with E-state index < -0.39 is 6.10 Å². The highest BCUT2D eigenvalue weighted by Crippen LogP contribution is 2.18. The SMILES string of the molecule is CC(CC(O)c1ccccc1)NC(=O)c1cccc(-n2cccn2)c1. The largest absolute Gasteiger partial charge is 0.388 e. The molecule has 5 heteroatoms. The third-order valence-electron chi connectivity index (χ3n) is 4.02. The molecule has 0 radical (unpaired) electrons. The van der Waals surface area contributed by atoms with Crippen LogP contribution in [-0.2, 0) is 0 Å². The van der Waals surface area contributed by atoms with Crippen molar-refractivity contribution in [2.45, 2.75) is 25.5 Å². The minimum atomic E-state index is -0.605. The normalized spacial score (nSPS) is 13.2. The number of carbonyl (C=O) groups is 1. The number of aromatic nitrogens is 2. The first-order chi connectivity index (χ1) is 12.1. The zero-order valence-corrected chi connectivity index (χ0v) is 14.0. The van der Waals surface area contributed by atoms with Crippen molar-refractivity contribution in [1.29, 1.82) is 0 Å². The summed E-state index contributed by atoms with van der Waals surface area (Å²) in [7, 11) is 0. The number of aliphatic hydroxyl groups excluding tert-OH is 1. The number of hydrogen-bond acceptors (Lipinski definition) is 3. The minimum Gasteiger partial charge on any atom is -0.388 e. The number of nitrogens with zero attached hydrogens (tertiary/aromatic N) is 2. The van der Waals surface area contributed by atoms with Gasteiger partial charge in [0.2, 0.25) is 0 Å². The highest BCUT2D eigenvalue weighted by molar-refractivity contribution is 5.94. The Labute approximate surface area is 146 Å². The molecule has 0 bridgehead atoms. The lowest BCUT2D eigenvalue weighted by atomic mass is 10.0. The average Bonchev–Trinajstić information content (AvgIpc) is 3.17. The van der Waals surface area contributed by atoms with Crippen molar-refractivity contribution in [3.05, 3.63) is 84.2 Å². The van der Waals surface area contributed by atoms with Crippen LogP contribution in [0.4, 0.5) is 0 Å². The molecule has 3 aromatic rings. The van der Waals surface area contributed by atoms with Gasteiger partial charge in [0.25, 0.3) is 5.91 Å². The van der Waals surface area contributed by atoms with E-state index in [0.717, 1.165) is 11.3 Å². The Balaban J connectivity index is 1.63. The Morgan fingerprint density at radius 2 is 1.96 bits per heavy atom. The zero-order chi connectivity index (χ0) is 17.6. The molecule has 25 heavy (non-hydrogen) atoms. The van der Waals surface area contributed by atoms with Crippen LogP contribution in [0.15, 0.2) is 73.1 Å². The minimum absolute atomic E-state index is 0.156. The van der Waals surface area contributed by atoms with Crippen molar-refractivity contribution in [1.82, 2.24) is 15.1 Å². The molecular weight excluding hydrogens is 314 g/mol. The van der Waals surface area contributed by atoms with Crippen LogP contribution < -0.4 is 5.32 Å². The molecule has 1 aromatic heterocycles. The van der Waals surface area contributed by atoms with Crippen LogP contribution in [0.2, 0.25) is 0 Å². The van der Waals surface area contributed by atoms with E-state index in [1.165, 1.54) is 0 Å². The number of rotatable bonds is 6. The molecule has 0 aliphatic carbocycles. The molecule has 2 N–H and O–H groups in total. The summed E-state index contributed by atoms with van der Waals surface area (Å²) in [6.45, 7) is 1.89. The summed E-state index contributed by atoms with van der Waals surface area (Å²) >= 11 is 0. The number of amides is 1. The molecule has 0 aliphatic rings. The van der Waals surface area contributed by atoms with Gasteiger partial charge in [0.1, 0.15) is 0 Å². The van der Waals surface area contributed by atoms with Gasteiger partial charge in [0.05, 0.1) is 11.8 Å². The number of aliphatic hydroxyl groups is 1. The van der Waals surface area contributed by atoms with Gasteiger partial charge in [-0.3, -0.25) is 4.79 Å². The van der Waals surface area contributed by atoms with E-state index in [0.29, 0.717) is 12.0 Å². The fourth-order valence-corrected chi connectivity index (χ4v) is 2.72. The fourth-order valence-electron chi connectivity index (χ4n) is 2.72. The summed E-state index contributed by atoms with van der Waals surface area (Å²) in [4.78, 5) is 12.5. The molecule has 5 nitrogen and oxygen atoms in total. The van der Waals surface area contributed by atoms with E-state index in [2.05, 4.69) is 10.4 Å². The predicted molar refractivity (Wildman–Crippen MR) is 96.5 cm³/mol. The third kappa shape index (κ3) is 4.33. The van der Waals surface area contributed by atoms with E-state index in [9.17, 15) is 9.90 Å². The highest BCUT2D eigenvalue weighted by atomic mass is 16.3. The topological polar surface area (TPSA) is 67.2 Å². The van der Waals surface area contributed by atoms with Crippen molar-refractivity contribution in [2.75, 3.05) is 0 Å². The van der Waals surface area contributed by atoms with Gasteiger partial charge in [-0.1, -0.05) is 36.4 Å². The monoisotopic (exact) mass is 335 g/mol. The van der Waals surface area contributed by atoms with Gasteiger partial charge >= 0.3 is 0 Å². The molecule has 0 aliphatic heterocycles. The molecule has 0 saturated carbocycles. The van der Waals surface area contributed by atoms with Crippen molar-refractivity contribution >= 4 is 5.91 Å². The molecule has 1 amide bonds. The molecular formula is C20H21N3O2. The van der Waals surface area contributed by atoms with Crippen LogP contribution in [0.25, 0.3) is 5.69 Å². The summed E-state index contributed by atoms with van der Waals surface area (Å²) < 4.78 is 1.71. The number of nitrogens with one attached hydrogen (secondary N) is 1. The molecule has 0 spiro atoms. The predicted octanol–water partition coefficient (Wildman–Crippen LogP) is 3.11. The van der Waals surface area contributed by atoms with E-state index in [4.69, 9.17) is 0 Å². The lowest BCUT2D eigenvalue weighted by molar-refractivity contribution is 0.0917. The quantitative estimate of drug-likeness (QED) is 0.727. The van der Waals surface area contributed by atoms with Crippen molar-refractivity contribution in [3.63, 3.8) is 0 Å². The Hall–Kier alpha value is -2.92. The second kappa shape index (κ2) is 7.77. The van der Waals surface area contributed by atoms with Crippen LogP contribution >= 0.6 is 0 Å². The third-order valence-corrected chi connectivity index (χ3v) is 4.02. The van der Waals surface area contributed by atoms with Gasteiger partial charge in [-0.05, 0) is 43.2 Å². The Kier molecular flexibility index (Phi) is 5.26. The molecule has 2 aromatic carbocycles. The smallest absolute Gasteiger partial charge is 0.251 e. The van der Waals surface area contributed by atoms with Gasteiger partial charge in [-0.2, -0.15) is 5.10 Å². The molecule has 0 fully saturated rings. The van der Waals surface area contributed by atoms with Crippen molar-refractivity contribution < 1.29 is 9.90 Å². The van der Waals surface area contributed by atoms with E-state index in [-0.39, 0.29) is 11.9 Å². The first-order valence-corrected chi connectivity index (χ1v) is 8.27. The Morgan fingerprint density at radius 3 is 2.68 bits per heavy atom. The number of hydrogen-bond donors (Lipinski definition) is 2. The maximum atomic E-state index is 12.5. The van der Waals surface area contributed by atoms with Crippen LogP contribution in [0, 0.1) is 0 Å². The maximum absolute atomic E-state index is 12.5. The van der Waals surface area contributed by atoms with Crippen molar-refractivity contribution in [3.8, 4) is 5.69 Å². The van der Waals surface area contributed by atoms with Gasteiger partial charge in [0.15, 0.2) is 0 Å². The summed E-state index contributed by atoms with van der Waals surface area (Å²) in [5.74, 6) is -0.165. The van der Waals surface area contributed by atoms with Crippen LogP contribution in [0.1, 0.15) is 35.4 Å². The lowest BCUT2D eigenvalue weighted by Crippen LogP contribution is -2.33. The maximum Gasteiger partial charge on any atom is 0.251 e. The molecule has 1 heterocycles. The molecule has 0 saturated heterocycles. The lowest BCUT2D eigenvalue weighted by Gasteiger charge is -2.18. The molecule has 2 atom stereocenters. The summed E-state index contributed by atoms with van der Waals surface area (Å²) in [6, 6.07) is 18.4. The standard InChI is InChI=1S/C20H21N3O2/c1-15(13-19(24)16-7-3-2-4-8-16)22-20(25)17-9-5-10-18(14-17)23-12-6-11-21-23/h2-12,14-15,19,24H,13H2,1H3,(H,22,25). The number of carbonyl (C=O) groups excluding carboxylic acids is 1. The van der Waals surface area contributed by atoms with Gasteiger partial charge in [-0.15, -0.1) is 0 Å². The van der Waals surface area contributed by atoms with Gasteiger partial charge in [-0.25, -0.2) is 4.68 Å². The summed E-state index contributed by atoms with van der Waals surface area (Å²) in [5.41, 5.74) is 2.24. The second-order valence-electron chi connectivity index (χ2n) is 6.04. The van der Waals surface area contributed by atoms with E-state index in [1.807, 2.05) is 61.7 Å². The molecule has 3 rings (SSSR count). The van der Waals surface area contributed by atoms with Gasteiger partial charge in [0, 0.05) is 24.0 Å². The first kappa shape index (κ1) is 16.9. The number of benzene rings is 2. The highest BCUT2D eigenvalue weighted by Gasteiger charge is 2.15. The van der Waals surface area contributed by atoms with E-state index in [1.54, 1.807) is 23.0 Å². The summed E-state index contributed by atoms with van der Waals surface area (Å²) in [6.07, 6.45) is 3.37. The second-order valence-corrected chi connectivity index (χ2v) is 6.04. The van der Waals surface area contributed by atoms with Crippen molar-refractivity contribution in [2.24, 2.45) is 0 Å². The molecule has 128 valence electrons. The molecule has 2 unspecified atom stereocenters. The Bertz CT molecular complexity index is 816. The summed E-state index contributed by atoms with van der Waals surface area (Å²) in [5, 5.41) is 17.4. The van der Waals surface area contributed by atoms with E-state index >= 15 is 0 Å². The first-order valence-electron chi connectivity index (χ1n) is 8.27. The average molecular weight is 335 g/mol.